The van der Waals surface area contributed by atoms with Gasteiger partial charge in [-0.2, -0.15) is 4.68 Å². The minimum Gasteiger partial charge on any atom is -0.341 e. The summed E-state index contributed by atoms with van der Waals surface area (Å²) in [5.74, 6) is 0.0476. The van der Waals surface area contributed by atoms with Crippen LogP contribution >= 0.6 is 11.8 Å². The molecule has 1 aliphatic rings. The fraction of sp³-hybridized carbons (Fsp3) is 0.529. The molecule has 0 aliphatic carbocycles. The van der Waals surface area contributed by atoms with Crippen molar-refractivity contribution in [2.75, 3.05) is 18.6 Å². The lowest BCUT2D eigenvalue weighted by molar-refractivity contribution is -0.130. The third-order valence-corrected chi connectivity index (χ3v) is 7.40. The fourth-order valence-corrected chi connectivity index (χ4v) is 5.93. The Morgan fingerprint density at radius 1 is 1.30 bits per heavy atom. The topological polar surface area (TPSA) is 98.1 Å². The van der Waals surface area contributed by atoms with Crippen LogP contribution in [0.5, 0.6) is 0 Å². The number of hydrogen-bond donors (Lipinski definition) is 0. The zero-order valence-electron chi connectivity index (χ0n) is 15.8. The van der Waals surface area contributed by atoms with Crippen LogP contribution in [0.15, 0.2) is 23.4 Å². The van der Waals surface area contributed by atoms with Crippen molar-refractivity contribution in [3.63, 3.8) is 0 Å². The van der Waals surface area contributed by atoms with E-state index in [0.29, 0.717) is 11.6 Å². The number of thioether (sulfide) groups is 1. The molecule has 8 nitrogen and oxygen atoms in total. The van der Waals surface area contributed by atoms with Crippen molar-refractivity contribution in [2.24, 2.45) is 0 Å². The third kappa shape index (κ3) is 4.49. The first-order valence-corrected chi connectivity index (χ1v) is 11.4. The van der Waals surface area contributed by atoms with Gasteiger partial charge in [-0.1, -0.05) is 17.8 Å². The molecule has 3 rings (SSSR count). The maximum Gasteiger partial charge on any atom is 0.235 e. The summed E-state index contributed by atoms with van der Waals surface area (Å²) in [6.07, 6.45) is 0.488. The quantitative estimate of drug-likeness (QED) is 0.689. The van der Waals surface area contributed by atoms with E-state index in [1.54, 1.807) is 23.6 Å². The highest BCUT2D eigenvalue weighted by atomic mass is 32.2. The Labute approximate surface area is 163 Å². The molecule has 10 heteroatoms. The first-order valence-electron chi connectivity index (χ1n) is 8.67. The molecule has 2 aromatic rings. The van der Waals surface area contributed by atoms with Gasteiger partial charge in [0, 0.05) is 13.1 Å². The van der Waals surface area contributed by atoms with Gasteiger partial charge in [0.15, 0.2) is 9.84 Å². The van der Waals surface area contributed by atoms with E-state index in [1.807, 2.05) is 26.0 Å². The molecule has 1 saturated heterocycles. The van der Waals surface area contributed by atoms with E-state index in [9.17, 15) is 13.2 Å². The Hall–Kier alpha value is -1.94. The molecular formula is C17H23N5O3S2. The van der Waals surface area contributed by atoms with Crippen LogP contribution in [0.4, 0.5) is 0 Å². The van der Waals surface area contributed by atoms with Gasteiger partial charge >= 0.3 is 0 Å². The molecule has 0 bridgehead atoms. The van der Waals surface area contributed by atoms with E-state index in [1.165, 1.54) is 11.8 Å². The highest BCUT2D eigenvalue weighted by molar-refractivity contribution is 8.00. The van der Waals surface area contributed by atoms with Crippen LogP contribution in [0.25, 0.3) is 5.69 Å². The van der Waals surface area contributed by atoms with Crippen LogP contribution < -0.4 is 0 Å². The van der Waals surface area contributed by atoms with Crippen LogP contribution in [0.1, 0.15) is 24.5 Å². The summed E-state index contributed by atoms with van der Waals surface area (Å²) in [7, 11) is -1.37. The molecule has 0 radical (unpaired) electrons. The molecular weight excluding hydrogens is 386 g/mol. The number of nitrogens with zero attached hydrogens (tertiary/aromatic N) is 5. The Morgan fingerprint density at radius 3 is 2.56 bits per heavy atom. The van der Waals surface area contributed by atoms with Gasteiger partial charge in [0.1, 0.15) is 0 Å². The second-order valence-electron chi connectivity index (χ2n) is 6.99. The van der Waals surface area contributed by atoms with Crippen molar-refractivity contribution in [3.8, 4) is 5.69 Å². The predicted molar refractivity (Wildman–Crippen MR) is 104 cm³/mol. The van der Waals surface area contributed by atoms with Crippen molar-refractivity contribution in [1.82, 2.24) is 25.1 Å². The monoisotopic (exact) mass is 409 g/mol. The van der Waals surface area contributed by atoms with E-state index in [4.69, 9.17) is 0 Å². The van der Waals surface area contributed by atoms with Gasteiger partial charge in [0.25, 0.3) is 0 Å². The molecule has 0 N–H and O–H groups in total. The zero-order valence-corrected chi connectivity index (χ0v) is 17.4. The van der Waals surface area contributed by atoms with E-state index in [2.05, 4.69) is 21.6 Å². The van der Waals surface area contributed by atoms with E-state index in [0.717, 1.165) is 16.8 Å². The SMILES string of the molecule is Cc1cc(C)cc(-n2nnnc2S[C@@H](C)C(=O)N(C)[C@@H]2CCS(=O)(=O)C2)c1. The van der Waals surface area contributed by atoms with Crippen molar-refractivity contribution in [2.45, 2.75) is 43.6 Å². The van der Waals surface area contributed by atoms with E-state index < -0.39 is 15.1 Å². The summed E-state index contributed by atoms with van der Waals surface area (Å²) in [5.41, 5.74) is 3.04. The number of benzene rings is 1. The number of carbonyl (C=O) groups excluding carboxylic acids is 1. The standard InChI is InChI=1S/C17H23N5O3S2/c1-11-7-12(2)9-15(8-11)22-17(18-19-20-22)26-13(3)16(23)21(4)14-5-6-27(24,25)10-14/h7-9,13-14H,5-6,10H2,1-4H3/t13-,14+/m0/s1. The number of aryl methyl sites for hydroxylation is 2. The van der Waals surface area contributed by atoms with Crippen LogP contribution in [-0.2, 0) is 14.6 Å². The molecule has 146 valence electrons. The lowest BCUT2D eigenvalue weighted by Gasteiger charge is -2.26. The fourth-order valence-electron chi connectivity index (χ4n) is 3.24. The lowest BCUT2D eigenvalue weighted by Crippen LogP contribution is -2.41. The van der Waals surface area contributed by atoms with Gasteiger partial charge in [0.2, 0.25) is 11.1 Å². The van der Waals surface area contributed by atoms with Gasteiger partial charge in [0.05, 0.1) is 22.4 Å². The Bertz CT molecular complexity index is 937. The molecule has 0 unspecified atom stereocenters. The largest absolute Gasteiger partial charge is 0.341 e. The average molecular weight is 410 g/mol. The molecule has 1 aromatic carbocycles. The summed E-state index contributed by atoms with van der Waals surface area (Å²) in [4.78, 5) is 14.3. The van der Waals surface area contributed by atoms with Crippen molar-refractivity contribution in [1.29, 1.82) is 0 Å². The van der Waals surface area contributed by atoms with Crippen LogP contribution in [-0.4, -0.2) is 69.3 Å². The number of hydrogen-bond acceptors (Lipinski definition) is 7. The van der Waals surface area contributed by atoms with E-state index >= 15 is 0 Å². The second kappa shape index (κ2) is 7.59. The molecule has 0 spiro atoms. The number of sulfone groups is 1. The van der Waals surface area contributed by atoms with Crippen LogP contribution in [0.3, 0.4) is 0 Å². The highest BCUT2D eigenvalue weighted by Gasteiger charge is 2.34. The number of carbonyl (C=O) groups is 1. The maximum absolute atomic E-state index is 12.8. The summed E-state index contributed by atoms with van der Waals surface area (Å²) >= 11 is 1.26. The zero-order chi connectivity index (χ0) is 19.8. The maximum atomic E-state index is 12.8. The lowest BCUT2D eigenvalue weighted by atomic mass is 10.1. The number of tetrazole rings is 1. The van der Waals surface area contributed by atoms with Crippen molar-refractivity contribution >= 4 is 27.5 Å². The first kappa shape index (κ1) is 19.8. The minimum absolute atomic E-state index is 0.0347. The van der Waals surface area contributed by atoms with Gasteiger partial charge in [-0.15, -0.1) is 5.10 Å². The summed E-state index contributed by atoms with van der Waals surface area (Å²) in [6, 6.07) is 5.77. The van der Waals surface area contributed by atoms with Gasteiger partial charge < -0.3 is 4.90 Å². The molecule has 27 heavy (non-hydrogen) atoms. The minimum atomic E-state index is -3.04. The van der Waals surface area contributed by atoms with Crippen molar-refractivity contribution in [3.05, 3.63) is 29.3 Å². The second-order valence-corrected chi connectivity index (χ2v) is 10.5. The molecule has 1 amide bonds. The average Bonchev–Trinajstić information content (AvgIpc) is 3.18. The molecule has 0 saturated carbocycles. The third-order valence-electron chi connectivity index (χ3n) is 4.63. The van der Waals surface area contributed by atoms with Gasteiger partial charge in [-0.25, -0.2) is 8.42 Å². The van der Waals surface area contributed by atoms with E-state index in [-0.39, 0.29) is 23.5 Å². The molecule has 2 heterocycles. The summed E-state index contributed by atoms with van der Waals surface area (Å²) in [5, 5.41) is 11.9. The molecule has 2 atom stereocenters. The molecule has 1 fully saturated rings. The Balaban J connectivity index is 1.74. The summed E-state index contributed by atoms with van der Waals surface area (Å²) in [6.45, 7) is 5.79. The summed E-state index contributed by atoms with van der Waals surface area (Å²) < 4.78 is 25.0. The van der Waals surface area contributed by atoms with Crippen LogP contribution in [0.2, 0.25) is 0 Å². The number of amides is 1. The molecule has 1 aliphatic heterocycles. The normalized spacial score (nSPS) is 19.8. The van der Waals surface area contributed by atoms with Gasteiger partial charge in [-0.3, -0.25) is 4.79 Å². The number of aromatic nitrogens is 4. The molecule has 1 aromatic heterocycles. The number of rotatable bonds is 5. The highest BCUT2D eigenvalue weighted by Crippen LogP contribution is 2.26. The Morgan fingerprint density at radius 2 is 1.96 bits per heavy atom. The smallest absolute Gasteiger partial charge is 0.235 e. The Kier molecular flexibility index (Phi) is 5.57. The van der Waals surface area contributed by atoms with Crippen molar-refractivity contribution < 1.29 is 13.2 Å². The van der Waals surface area contributed by atoms with Crippen LogP contribution in [0, 0.1) is 13.8 Å². The van der Waals surface area contributed by atoms with Gasteiger partial charge in [-0.05, 0) is 60.9 Å². The predicted octanol–water partition coefficient (Wildman–Crippen LogP) is 1.41. The first-order chi connectivity index (χ1) is 12.7.